The van der Waals surface area contributed by atoms with Crippen LogP contribution in [0, 0.1) is 0 Å². The first kappa shape index (κ1) is 15.8. The van der Waals surface area contributed by atoms with E-state index in [4.69, 9.17) is 5.11 Å². The number of carbonyl (C=O) groups is 2. The lowest BCUT2D eigenvalue weighted by Gasteiger charge is -2.19. The van der Waals surface area contributed by atoms with E-state index in [1.165, 1.54) is 4.90 Å². The van der Waals surface area contributed by atoms with E-state index in [0.29, 0.717) is 0 Å². The van der Waals surface area contributed by atoms with Crippen molar-refractivity contribution in [1.82, 2.24) is 15.1 Å². The van der Waals surface area contributed by atoms with Gasteiger partial charge >= 0.3 is 5.97 Å². The third-order valence-electron chi connectivity index (χ3n) is 3.27. The molecular weight excluding hydrogens is 282 g/mol. The number of aromatic nitrogens is 2. The highest BCUT2D eigenvalue weighted by Crippen LogP contribution is 2.14. The second-order valence-corrected chi connectivity index (χ2v) is 5.40. The summed E-state index contributed by atoms with van der Waals surface area (Å²) in [4.78, 5) is 24.8. The van der Waals surface area contributed by atoms with Crippen molar-refractivity contribution in [1.29, 1.82) is 0 Å². The van der Waals surface area contributed by atoms with Crippen LogP contribution >= 0.6 is 0 Å². The van der Waals surface area contributed by atoms with Gasteiger partial charge in [0.25, 0.3) is 5.91 Å². The fourth-order valence-electron chi connectivity index (χ4n) is 2.07. The predicted octanol–water partition coefficient (Wildman–Crippen LogP) is 2.26. The Morgan fingerprint density at radius 1 is 1.27 bits per heavy atom. The van der Waals surface area contributed by atoms with Crippen LogP contribution in [0.3, 0.4) is 0 Å². The van der Waals surface area contributed by atoms with Crippen molar-refractivity contribution in [3.8, 4) is 0 Å². The highest BCUT2D eigenvalue weighted by atomic mass is 16.4. The topological polar surface area (TPSA) is 86.3 Å². The van der Waals surface area contributed by atoms with Crippen LogP contribution in [-0.4, -0.2) is 38.6 Å². The molecule has 0 aliphatic heterocycles. The summed E-state index contributed by atoms with van der Waals surface area (Å²) in [5.41, 5.74) is 1.95. The zero-order valence-corrected chi connectivity index (χ0v) is 12.6. The van der Waals surface area contributed by atoms with Crippen LogP contribution in [0.4, 0.5) is 0 Å². The zero-order valence-electron chi connectivity index (χ0n) is 12.6. The molecule has 1 aromatic heterocycles. The maximum atomic E-state index is 12.5. The van der Waals surface area contributed by atoms with Crippen molar-refractivity contribution in [3.05, 3.63) is 53.3 Å². The molecule has 0 unspecified atom stereocenters. The molecule has 2 aromatic rings. The Balaban J connectivity index is 2.20. The van der Waals surface area contributed by atoms with Gasteiger partial charge in [0.15, 0.2) is 0 Å². The van der Waals surface area contributed by atoms with E-state index in [9.17, 15) is 9.59 Å². The Morgan fingerprint density at radius 2 is 1.95 bits per heavy atom. The molecule has 0 spiro atoms. The number of nitrogens with zero attached hydrogens (tertiary/aromatic N) is 2. The van der Waals surface area contributed by atoms with Crippen LogP contribution < -0.4 is 0 Å². The number of carbonyl (C=O) groups excluding carboxylic acids is 1. The molecular formula is C16H19N3O3. The summed E-state index contributed by atoms with van der Waals surface area (Å²) in [6.07, 6.45) is 0. The summed E-state index contributed by atoms with van der Waals surface area (Å²) >= 11 is 0. The fourth-order valence-corrected chi connectivity index (χ4v) is 2.07. The number of nitrogens with one attached hydrogen (secondary N) is 1. The minimum Gasteiger partial charge on any atom is -0.480 e. The van der Waals surface area contributed by atoms with Crippen LogP contribution in [0.15, 0.2) is 36.4 Å². The summed E-state index contributed by atoms with van der Waals surface area (Å²) in [5.74, 6) is -1.23. The number of benzene rings is 1. The van der Waals surface area contributed by atoms with Crippen molar-refractivity contribution < 1.29 is 14.7 Å². The highest BCUT2D eigenvalue weighted by Gasteiger charge is 2.21. The monoisotopic (exact) mass is 301 g/mol. The molecule has 1 aromatic carbocycles. The molecule has 0 saturated heterocycles. The molecule has 2 N–H and O–H groups in total. The first-order valence-electron chi connectivity index (χ1n) is 7.07. The van der Waals surface area contributed by atoms with E-state index in [1.807, 2.05) is 44.2 Å². The van der Waals surface area contributed by atoms with Crippen molar-refractivity contribution in [3.63, 3.8) is 0 Å². The van der Waals surface area contributed by atoms with E-state index in [0.717, 1.165) is 11.3 Å². The van der Waals surface area contributed by atoms with Gasteiger partial charge in [0, 0.05) is 12.2 Å². The number of H-pyrrole nitrogens is 1. The Labute approximate surface area is 128 Å². The summed E-state index contributed by atoms with van der Waals surface area (Å²) < 4.78 is 0. The molecule has 1 amide bonds. The van der Waals surface area contributed by atoms with Gasteiger partial charge in [-0.1, -0.05) is 44.2 Å². The molecule has 6 heteroatoms. The molecule has 0 fully saturated rings. The van der Waals surface area contributed by atoms with Gasteiger partial charge in [0.2, 0.25) is 0 Å². The molecule has 0 aliphatic carbocycles. The lowest BCUT2D eigenvalue weighted by molar-refractivity contribution is -0.137. The first-order valence-corrected chi connectivity index (χ1v) is 7.07. The number of hydrogen-bond acceptors (Lipinski definition) is 3. The molecule has 0 aliphatic rings. The summed E-state index contributed by atoms with van der Waals surface area (Å²) in [6, 6.07) is 11.0. The zero-order chi connectivity index (χ0) is 16.1. The number of carboxylic acids is 1. The molecule has 0 radical (unpaired) electrons. The molecule has 0 bridgehead atoms. The maximum absolute atomic E-state index is 12.5. The second kappa shape index (κ2) is 6.89. The van der Waals surface area contributed by atoms with Crippen LogP contribution in [-0.2, 0) is 11.3 Å². The van der Waals surface area contributed by atoms with Crippen LogP contribution in [0.2, 0.25) is 0 Å². The molecule has 2 rings (SSSR count). The van der Waals surface area contributed by atoms with E-state index >= 15 is 0 Å². The van der Waals surface area contributed by atoms with Gasteiger partial charge in [-0.15, -0.1) is 0 Å². The maximum Gasteiger partial charge on any atom is 0.323 e. The summed E-state index contributed by atoms with van der Waals surface area (Å²) in [7, 11) is 0. The van der Waals surface area contributed by atoms with Gasteiger partial charge in [-0.2, -0.15) is 5.10 Å². The number of aliphatic carboxylic acids is 1. The number of carboxylic acid groups (broad SMARTS) is 1. The minimum atomic E-state index is -1.05. The third kappa shape index (κ3) is 3.94. The van der Waals surface area contributed by atoms with Gasteiger partial charge in [-0.25, -0.2) is 0 Å². The average molecular weight is 301 g/mol. The number of hydrogen-bond donors (Lipinski definition) is 2. The van der Waals surface area contributed by atoms with Gasteiger partial charge in [0.05, 0.1) is 0 Å². The Morgan fingerprint density at radius 3 is 2.50 bits per heavy atom. The standard InChI is InChI=1S/C16H19N3O3/c1-11(2)13-8-14(18-17-13)16(22)19(10-15(20)21)9-12-6-4-3-5-7-12/h3-8,11H,9-10H2,1-2H3,(H,17,18)(H,20,21). The number of amides is 1. The molecule has 116 valence electrons. The van der Waals surface area contributed by atoms with Crippen LogP contribution in [0.25, 0.3) is 0 Å². The fraction of sp³-hybridized carbons (Fsp3) is 0.312. The van der Waals surface area contributed by atoms with Gasteiger partial charge in [-0.3, -0.25) is 14.7 Å². The van der Waals surface area contributed by atoms with E-state index < -0.39 is 11.9 Å². The quantitative estimate of drug-likeness (QED) is 0.857. The summed E-state index contributed by atoms with van der Waals surface area (Å²) in [5, 5.41) is 15.8. The largest absolute Gasteiger partial charge is 0.480 e. The predicted molar refractivity (Wildman–Crippen MR) is 81.5 cm³/mol. The first-order chi connectivity index (χ1) is 10.5. The van der Waals surface area contributed by atoms with E-state index in [2.05, 4.69) is 10.2 Å². The van der Waals surface area contributed by atoms with Crippen molar-refractivity contribution in [2.24, 2.45) is 0 Å². The molecule has 0 saturated carbocycles. The van der Waals surface area contributed by atoms with Crippen molar-refractivity contribution in [2.75, 3.05) is 6.54 Å². The Hall–Kier alpha value is -2.63. The Kier molecular flexibility index (Phi) is 4.93. The van der Waals surface area contributed by atoms with E-state index in [1.54, 1.807) is 6.07 Å². The SMILES string of the molecule is CC(C)c1cc(C(=O)N(CC(=O)O)Cc2ccccc2)n[nH]1. The average Bonchev–Trinajstić information content (AvgIpc) is 2.96. The van der Waals surface area contributed by atoms with Crippen molar-refractivity contribution in [2.45, 2.75) is 26.3 Å². The van der Waals surface area contributed by atoms with Crippen molar-refractivity contribution >= 4 is 11.9 Å². The molecule has 6 nitrogen and oxygen atoms in total. The van der Waals surface area contributed by atoms with Crippen LogP contribution in [0.5, 0.6) is 0 Å². The molecule has 22 heavy (non-hydrogen) atoms. The molecule has 1 heterocycles. The normalized spacial score (nSPS) is 10.7. The number of aromatic amines is 1. The van der Waals surface area contributed by atoms with Gasteiger partial charge in [0.1, 0.15) is 12.2 Å². The highest BCUT2D eigenvalue weighted by molar-refractivity contribution is 5.94. The summed E-state index contributed by atoms with van der Waals surface area (Å²) in [6.45, 7) is 3.84. The van der Waals surface area contributed by atoms with Gasteiger partial charge < -0.3 is 10.0 Å². The van der Waals surface area contributed by atoms with E-state index in [-0.39, 0.29) is 24.7 Å². The van der Waals surface area contributed by atoms with Gasteiger partial charge in [-0.05, 0) is 17.5 Å². The smallest absolute Gasteiger partial charge is 0.323 e. The van der Waals surface area contributed by atoms with Crippen LogP contribution in [0.1, 0.15) is 41.5 Å². The lowest BCUT2D eigenvalue weighted by atomic mass is 10.1. The second-order valence-electron chi connectivity index (χ2n) is 5.40. The lowest BCUT2D eigenvalue weighted by Crippen LogP contribution is -2.35. The third-order valence-corrected chi connectivity index (χ3v) is 3.27. The number of rotatable bonds is 6. The minimum absolute atomic E-state index is 0.219. The Bertz CT molecular complexity index is 650. The molecule has 0 atom stereocenters.